The lowest BCUT2D eigenvalue weighted by Gasteiger charge is -2.32. The molecule has 1 aliphatic rings. The highest BCUT2D eigenvalue weighted by atomic mass is 16.5. The molecule has 2 heterocycles. The van der Waals surface area contributed by atoms with Gasteiger partial charge in [-0.1, -0.05) is 0 Å². The van der Waals surface area contributed by atoms with Crippen molar-refractivity contribution in [3.63, 3.8) is 0 Å². The molecule has 0 bridgehead atoms. The minimum absolute atomic E-state index is 0.0371. The quantitative estimate of drug-likeness (QED) is 0.782. The van der Waals surface area contributed by atoms with Gasteiger partial charge in [0.15, 0.2) is 0 Å². The fraction of sp³-hybridized carbons (Fsp3) is 0.455. The molecule has 1 aromatic heterocycles. The van der Waals surface area contributed by atoms with E-state index < -0.39 is 0 Å². The number of hydrogen-bond donors (Lipinski definition) is 2. The second-order valence-electron chi connectivity index (χ2n) is 7.50. The first kappa shape index (κ1) is 20.8. The number of aromatic amines is 1. The van der Waals surface area contributed by atoms with Crippen LogP contribution in [0.3, 0.4) is 0 Å². The number of likely N-dealkylation sites (tertiary alicyclic amines) is 1. The molecule has 1 saturated heterocycles. The molecule has 7 heteroatoms. The molecule has 1 aromatic carbocycles. The SMILES string of the molecule is COc1ccc(CNC(=O)[C@@H]2CCCN(C(=O)c3[nH]c(C)cc3C)C2)c(OC)c1. The predicted octanol–water partition coefficient (Wildman–Crippen LogP) is 2.82. The van der Waals surface area contributed by atoms with Crippen LogP contribution in [0.1, 0.15) is 40.2 Å². The Morgan fingerprint density at radius 1 is 1.21 bits per heavy atom. The predicted molar refractivity (Wildman–Crippen MR) is 110 cm³/mol. The average Bonchev–Trinajstić information content (AvgIpc) is 3.09. The van der Waals surface area contributed by atoms with E-state index in [1.54, 1.807) is 25.2 Å². The van der Waals surface area contributed by atoms with Crippen LogP contribution in [0.25, 0.3) is 0 Å². The molecular formula is C22H29N3O4. The maximum Gasteiger partial charge on any atom is 0.270 e. The van der Waals surface area contributed by atoms with Crippen molar-refractivity contribution in [1.82, 2.24) is 15.2 Å². The number of aromatic nitrogens is 1. The fourth-order valence-electron chi connectivity index (χ4n) is 3.81. The molecule has 1 fully saturated rings. The minimum atomic E-state index is -0.215. The molecule has 2 amide bonds. The van der Waals surface area contributed by atoms with Crippen LogP contribution in [0, 0.1) is 19.8 Å². The van der Waals surface area contributed by atoms with Gasteiger partial charge in [-0.3, -0.25) is 9.59 Å². The van der Waals surface area contributed by atoms with Gasteiger partial charge in [0.2, 0.25) is 5.91 Å². The molecule has 7 nitrogen and oxygen atoms in total. The monoisotopic (exact) mass is 399 g/mol. The lowest BCUT2D eigenvalue weighted by molar-refractivity contribution is -0.126. The van der Waals surface area contributed by atoms with Crippen molar-refractivity contribution in [3.05, 3.63) is 46.8 Å². The largest absolute Gasteiger partial charge is 0.497 e. The van der Waals surface area contributed by atoms with Gasteiger partial charge in [0, 0.05) is 37.0 Å². The summed E-state index contributed by atoms with van der Waals surface area (Å²) in [6, 6.07) is 7.48. The van der Waals surface area contributed by atoms with E-state index in [0.717, 1.165) is 29.7 Å². The standard InChI is InChI=1S/C22H29N3O4/c1-14-10-15(2)24-20(14)22(27)25-9-5-6-17(13-25)21(26)23-12-16-7-8-18(28-3)11-19(16)29-4/h7-8,10-11,17,24H,5-6,9,12-13H2,1-4H3,(H,23,26)/t17-/m1/s1. The Morgan fingerprint density at radius 2 is 2.00 bits per heavy atom. The van der Waals surface area contributed by atoms with Crippen molar-refractivity contribution in [2.45, 2.75) is 33.2 Å². The van der Waals surface area contributed by atoms with Crippen LogP contribution in [0.4, 0.5) is 0 Å². The van der Waals surface area contributed by atoms with Crippen LogP contribution in [-0.4, -0.2) is 49.0 Å². The van der Waals surface area contributed by atoms with Gasteiger partial charge in [0.1, 0.15) is 17.2 Å². The lowest BCUT2D eigenvalue weighted by atomic mass is 9.96. The van der Waals surface area contributed by atoms with E-state index in [-0.39, 0.29) is 17.7 Å². The van der Waals surface area contributed by atoms with Gasteiger partial charge in [-0.05, 0) is 50.5 Å². The van der Waals surface area contributed by atoms with Gasteiger partial charge in [-0.2, -0.15) is 0 Å². The number of carbonyl (C=O) groups excluding carboxylic acids is 2. The third-order valence-electron chi connectivity index (χ3n) is 5.39. The maximum absolute atomic E-state index is 12.9. The van der Waals surface area contributed by atoms with Gasteiger partial charge in [-0.25, -0.2) is 0 Å². The normalized spacial score (nSPS) is 16.4. The number of nitrogens with zero attached hydrogens (tertiary/aromatic N) is 1. The number of H-pyrrole nitrogens is 1. The number of aryl methyl sites for hydroxylation is 2. The Balaban J connectivity index is 1.61. The zero-order valence-electron chi connectivity index (χ0n) is 17.5. The number of amides is 2. The van der Waals surface area contributed by atoms with Crippen molar-refractivity contribution in [3.8, 4) is 11.5 Å². The van der Waals surface area contributed by atoms with E-state index in [0.29, 0.717) is 36.8 Å². The van der Waals surface area contributed by atoms with Gasteiger partial charge >= 0.3 is 0 Å². The molecule has 1 atom stereocenters. The lowest BCUT2D eigenvalue weighted by Crippen LogP contribution is -2.45. The fourth-order valence-corrected chi connectivity index (χ4v) is 3.81. The zero-order chi connectivity index (χ0) is 21.0. The Hall–Kier alpha value is -2.96. The number of methoxy groups -OCH3 is 2. The molecule has 2 aromatic rings. The second-order valence-corrected chi connectivity index (χ2v) is 7.50. The number of hydrogen-bond acceptors (Lipinski definition) is 4. The molecule has 1 aliphatic heterocycles. The number of piperidine rings is 1. The van der Waals surface area contributed by atoms with Crippen LogP contribution in [0.5, 0.6) is 11.5 Å². The third-order valence-corrected chi connectivity index (χ3v) is 5.39. The summed E-state index contributed by atoms with van der Waals surface area (Å²) < 4.78 is 10.6. The van der Waals surface area contributed by atoms with Crippen LogP contribution in [0.2, 0.25) is 0 Å². The van der Waals surface area contributed by atoms with E-state index in [9.17, 15) is 9.59 Å². The molecule has 0 saturated carbocycles. The topological polar surface area (TPSA) is 83.7 Å². The Bertz CT molecular complexity index is 890. The summed E-state index contributed by atoms with van der Waals surface area (Å²) in [6.07, 6.45) is 1.59. The van der Waals surface area contributed by atoms with Crippen molar-refractivity contribution in [2.24, 2.45) is 5.92 Å². The van der Waals surface area contributed by atoms with Gasteiger partial charge < -0.3 is 24.7 Å². The summed E-state index contributed by atoms with van der Waals surface area (Å²) in [5, 5.41) is 2.99. The number of benzene rings is 1. The second kappa shape index (κ2) is 9.03. The Kier molecular flexibility index (Phi) is 6.46. The summed E-state index contributed by atoms with van der Waals surface area (Å²) in [4.78, 5) is 30.5. The number of nitrogens with one attached hydrogen (secondary N) is 2. The molecule has 156 valence electrons. The van der Waals surface area contributed by atoms with E-state index in [4.69, 9.17) is 9.47 Å². The third kappa shape index (κ3) is 4.72. The summed E-state index contributed by atoms with van der Waals surface area (Å²) >= 11 is 0. The molecule has 0 radical (unpaired) electrons. The molecular weight excluding hydrogens is 370 g/mol. The van der Waals surface area contributed by atoms with Crippen molar-refractivity contribution >= 4 is 11.8 Å². The summed E-state index contributed by atoms with van der Waals surface area (Å²) in [7, 11) is 3.19. The highest BCUT2D eigenvalue weighted by Gasteiger charge is 2.30. The Labute approximate surface area is 171 Å². The molecule has 29 heavy (non-hydrogen) atoms. The average molecular weight is 399 g/mol. The minimum Gasteiger partial charge on any atom is -0.497 e. The molecule has 2 N–H and O–H groups in total. The van der Waals surface area contributed by atoms with Gasteiger partial charge in [0.05, 0.1) is 20.1 Å². The van der Waals surface area contributed by atoms with Crippen molar-refractivity contribution < 1.29 is 19.1 Å². The summed E-state index contributed by atoms with van der Waals surface area (Å²) in [5.41, 5.74) is 3.39. The van der Waals surface area contributed by atoms with Crippen molar-refractivity contribution in [1.29, 1.82) is 0 Å². The van der Waals surface area contributed by atoms with Crippen LogP contribution in [0.15, 0.2) is 24.3 Å². The molecule has 0 unspecified atom stereocenters. The highest BCUT2D eigenvalue weighted by molar-refractivity contribution is 5.94. The van der Waals surface area contributed by atoms with E-state index >= 15 is 0 Å². The number of ether oxygens (including phenoxy) is 2. The molecule has 0 spiro atoms. The number of carbonyl (C=O) groups is 2. The van der Waals surface area contributed by atoms with E-state index in [2.05, 4.69) is 10.3 Å². The summed E-state index contributed by atoms with van der Waals surface area (Å²) in [6.45, 7) is 5.33. The smallest absolute Gasteiger partial charge is 0.270 e. The van der Waals surface area contributed by atoms with Crippen LogP contribution < -0.4 is 14.8 Å². The summed E-state index contributed by atoms with van der Waals surface area (Å²) in [5.74, 6) is 1.08. The van der Waals surface area contributed by atoms with Crippen LogP contribution >= 0.6 is 0 Å². The van der Waals surface area contributed by atoms with E-state index in [1.807, 2.05) is 32.0 Å². The van der Waals surface area contributed by atoms with Gasteiger partial charge in [0.25, 0.3) is 5.91 Å². The van der Waals surface area contributed by atoms with E-state index in [1.165, 1.54) is 0 Å². The first-order chi connectivity index (χ1) is 13.9. The first-order valence-electron chi connectivity index (χ1n) is 9.87. The van der Waals surface area contributed by atoms with Crippen LogP contribution in [-0.2, 0) is 11.3 Å². The Morgan fingerprint density at radius 3 is 2.66 bits per heavy atom. The van der Waals surface area contributed by atoms with Crippen molar-refractivity contribution in [2.75, 3.05) is 27.3 Å². The first-order valence-corrected chi connectivity index (χ1v) is 9.87. The number of rotatable bonds is 6. The highest BCUT2D eigenvalue weighted by Crippen LogP contribution is 2.25. The molecule has 3 rings (SSSR count). The van der Waals surface area contributed by atoms with Gasteiger partial charge in [-0.15, -0.1) is 0 Å². The molecule has 0 aliphatic carbocycles. The zero-order valence-corrected chi connectivity index (χ0v) is 17.5. The maximum atomic E-state index is 12.9.